The molecule has 0 aliphatic carbocycles. The summed E-state index contributed by atoms with van der Waals surface area (Å²) in [6, 6.07) is 11.8. The van der Waals surface area contributed by atoms with E-state index in [-0.39, 0.29) is 23.3 Å². The summed E-state index contributed by atoms with van der Waals surface area (Å²) in [4.78, 5) is 16.9. The molecule has 1 amide bonds. The SMILES string of the molecule is COc1ccc(S(=O)(=O)N2CCC[C@@H](C(=O)NCc3ccccn3)C2)cc1. The second-order valence-electron chi connectivity index (χ2n) is 6.42. The number of hydrogen-bond donors (Lipinski definition) is 1. The van der Waals surface area contributed by atoms with E-state index in [1.165, 1.54) is 23.5 Å². The van der Waals surface area contributed by atoms with Gasteiger partial charge in [0.1, 0.15) is 5.75 Å². The smallest absolute Gasteiger partial charge is 0.243 e. The summed E-state index contributed by atoms with van der Waals surface area (Å²) >= 11 is 0. The van der Waals surface area contributed by atoms with Crippen LogP contribution in [0, 0.1) is 5.92 Å². The summed E-state index contributed by atoms with van der Waals surface area (Å²) in [5.41, 5.74) is 0.768. The number of carbonyl (C=O) groups is 1. The highest BCUT2D eigenvalue weighted by molar-refractivity contribution is 7.89. The van der Waals surface area contributed by atoms with Crippen LogP contribution >= 0.6 is 0 Å². The van der Waals surface area contributed by atoms with E-state index in [0.29, 0.717) is 31.7 Å². The van der Waals surface area contributed by atoms with Gasteiger partial charge in [-0.2, -0.15) is 4.31 Å². The molecule has 1 atom stereocenters. The summed E-state index contributed by atoms with van der Waals surface area (Å²) in [5.74, 6) is 0.0881. The molecule has 0 saturated carbocycles. The summed E-state index contributed by atoms with van der Waals surface area (Å²) in [6.45, 7) is 0.933. The molecule has 3 rings (SSSR count). The molecule has 144 valence electrons. The van der Waals surface area contributed by atoms with E-state index in [0.717, 1.165) is 5.69 Å². The average molecular weight is 389 g/mol. The van der Waals surface area contributed by atoms with Gasteiger partial charge < -0.3 is 10.1 Å². The number of rotatable bonds is 6. The fourth-order valence-electron chi connectivity index (χ4n) is 3.10. The molecule has 0 bridgehead atoms. The number of pyridine rings is 1. The molecule has 1 N–H and O–H groups in total. The van der Waals surface area contributed by atoms with Crippen molar-refractivity contribution in [2.24, 2.45) is 5.92 Å². The lowest BCUT2D eigenvalue weighted by molar-refractivity contribution is -0.126. The van der Waals surface area contributed by atoms with E-state index in [4.69, 9.17) is 4.74 Å². The number of amides is 1. The first-order chi connectivity index (χ1) is 13.0. The summed E-state index contributed by atoms with van der Waals surface area (Å²) in [6.07, 6.45) is 2.99. The molecular weight excluding hydrogens is 366 g/mol. The van der Waals surface area contributed by atoms with Crippen molar-refractivity contribution in [3.8, 4) is 5.75 Å². The summed E-state index contributed by atoms with van der Waals surface area (Å²) < 4.78 is 32.2. The third-order valence-electron chi connectivity index (χ3n) is 4.62. The highest BCUT2D eigenvalue weighted by Gasteiger charge is 2.33. The number of aromatic nitrogens is 1. The second kappa shape index (κ2) is 8.49. The minimum absolute atomic E-state index is 0.143. The number of nitrogens with one attached hydrogen (secondary N) is 1. The molecule has 0 unspecified atom stereocenters. The Kier molecular flexibility index (Phi) is 6.08. The van der Waals surface area contributed by atoms with Crippen LogP contribution in [0.2, 0.25) is 0 Å². The highest BCUT2D eigenvalue weighted by atomic mass is 32.2. The molecule has 2 heterocycles. The lowest BCUT2D eigenvalue weighted by atomic mass is 9.99. The highest BCUT2D eigenvalue weighted by Crippen LogP contribution is 2.25. The summed E-state index contributed by atoms with van der Waals surface area (Å²) in [7, 11) is -2.11. The Balaban J connectivity index is 1.64. The first-order valence-electron chi connectivity index (χ1n) is 8.82. The van der Waals surface area contributed by atoms with Crippen LogP contribution in [0.4, 0.5) is 0 Å². The van der Waals surface area contributed by atoms with E-state index in [2.05, 4.69) is 10.3 Å². The van der Waals surface area contributed by atoms with Crippen molar-refractivity contribution in [1.29, 1.82) is 0 Å². The fraction of sp³-hybridized carbons (Fsp3) is 0.368. The van der Waals surface area contributed by atoms with Gasteiger partial charge in [-0.25, -0.2) is 8.42 Å². The van der Waals surface area contributed by atoms with Crippen molar-refractivity contribution in [1.82, 2.24) is 14.6 Å². The van der Waals surface area contributed by atoms with Gasteiger partial charge in [0.05, 0.1) is 30.2 Å². The normalized spacial score (nSPS) is 18.0. The molecule has 1 fully saturated rings. The fourth-order valence-corrected chi connectivity index (χ4v) is 4.62. The Morgan fingerprint density at radius 2 is 2.04 bits per heavy atom. The quantitative estimate of drug-likeness (QED) is 0.814. The van der Waals surface area contributed by atoms with Crippen molar-refractivity contribution in [3.63, 3.8) is 0 Å². The zero-order valence-electron chi connectivity index (χ0n) is 15.2. The molecule has 27 heavy (non-hydrogen) atoms. The zero-order chi connectivity index (χ0) is 19.3. The van der Waals surface area contributed by atoms with Gasteiger partial charge in [0.25, 0.3) is 0 Å². The van der Waals surface area contributed by atoms with Gasteiger partial charge in [0, 0.05) is 19.3 Å². The molecule has 1 aromatic carbocycles. The van der Waals surface area contributed by atoms with Crippen LogP contribution in [-0.4, -0.2) is 43.8 Å². The van der Waals surface area contributed by atoms with Gasteiger partial charge in [-0.05, 0) is 49.2 Å². The maximum atomic E-state index is 12.9. The van der Waals surface area contributed by atoms with Crippen LogP contribution in [-0.2, 0) is 21.4 Å². The molecule has 8 heteroatoms. The monoisotopic (exact) mass is 389 g/mol. The molecule has 0 radical (unpaired) electrons. The molecule has 2 aromatic rings. The van der Waals surface area contributed by atoms with E-state index < -0.39 is 10.0 Å². The molecule has 0 spiro atoms. The Morgan fingerprint density at radius 1 is 1.26 bits per heavy atom. The van der Waals surface area contributed by atoms with Gasteiger partial charge in [0.15, 0.2) is 0 Å². The predicted molar refractivity (Wildman–Crippen MR) is 101 cm³/mol. The molecule has 1 saturated heterocycles. The Labute approximate surface area is 159 Å². The van der Waals surface area contributed by atoms with Gasteiger partial charge in [-0.15, -0.1) is 0 Å². The van der Waals surface area contributed by atoms with Crippen molar-refractivity contribution >= 4 is 15.9 Å². The Bertz CT molecular complexity index is 870. The second-order valence-corrected chi connectivity index (χ2v) is 8.35. The Hall–Kier alpha value is -2.45. The first kappa shape index (κ1) is 19.3. The van der Waals surface area contributed by atoms with E-state index >= 15 is 0 Å². The van der Waals surface area contributed by atoms with Crippen LogP contribution in [0.5, 0.6) is 5.75 Å². The maximum Gasteiger partial charge on any atom is 0.243 e. The third kappa shape index (κ3) is 4.64. The van der Waals surface area contributed by atoms with Crippen molar-refractivity contribution < 1.29 is 17.9 Å². The lowest BCUT2D eigenvalue weighted by Crippen LogP contribution is -2.45. The number of sulfonamides is 1. The number of piperidine rings is 1. The standard InChI is InChI=1S/C19H23N3O4S/c1-26-17-7-9-18(10-8-17)27(24,25)22-12-4-5-15(14-22)19(23)21-13-16-6-2-3-11-20-16/h2-3,6-11,15H,4-5,12-14H2,1H3,(H,21,23)/t15-/m1/s1. The van der Waals surface area contributed by atoms with Crippen LogP contribution in [0.15, 0.2) is 53.6 Å². The van der Waals surface area contributed by atoms with Crippen molar-refractivity contribution in [2.75, 3.05) is 20.2 Å². The number of nitrogens with zero attached hydrogens (tertiary/aromatic N) is 2. The van der Waals surface area contributed by atoms with Gasteiger partial charge in [-0.3, -0.25) is 9.78 Å². The van der Waals surface area contributed by atoms with Crippen molar-refractivity contribution in [2.45, 2.75) is 24.3 Å². The molecule has 7 nitrogen and oxygen atoms in total. The Morgan fingerprint density at radius 3 is 2.70 bits per heavy atom. The zero-order valence-corrected chi connectivity index (χ0v) is 16.0. The first-order valence-corrected chi connectivity index (χ1v) is 10.3. The van der Waals surface area contributed by atoms with Crippen LogP contribution in [0.25, 0.3) is 0 Å². The topological polar surface area (TPSA) is 88.6 Å². The van der Waals surface area contributed by atoms with Gasteiger partial charge in [0.2, 0.25) is 15.9 Å². The van der Waals surface area contributed by atoms with E-state index in [1.807, 2.05) is 18.2 Å². The minimum atomic E-state index is -3.64. The predicted octanol–water partition coefficient (Wildman–Crippen LogP) is 1.81. The molecule has 1 aliphatic rings. The van der Waals surface area contributed by atoms with Gasteiger partial charge in [-0.1, -0.05) is 6.07 Å². The number of methoxy groups -OCH3 is 1. The molecular formula is C19H23N3O4S. The van der Waals surface area contributed by atoms with Crippen LogP contribution < -0.4 is 10.1 Å². The van der Waals surface area contributed by atoms with Crippen molar-refractivity contribution in [3.05, 3.63) is 54.4 Å². The maximum absolute atomic E-state index is 12.9. The van der Waals surface area contributed by atoms with Crippen LogP contribution in [0.1, 0.15) is 18.5 Å². The lowest BCUT2D eigenvalue weighted by Gasteiger charge is -2.31. The molecule has 1 aromatic heterocycles. The largest absolute Gasteiger partial charge is 0.497 e. The van der Waals surface area contributed by atoms with Crippen LogP contribution in [0.3, 0.4) is 0 Å². The number of hydrogen-bond acceptors (Lipinski definition) is 5. The number of ether oxygens (including phenoxy) is 1. The average Bonchev–Trinajstić information content (AvgIpc) is 2.73. The minimum Gasteiger partial charge on any atom is -0.497 e. The third-order valence-corrected chi connectivity index (χ3v) is 6.50. The number of benzene rings is 1. The van der Waals surface area contributed by atoms with Gasteiger partial charge >= 0.3 is 0 Å². The molecule has 1 aliphatic heterocycles. The van der Waals surface area contributed by atoms with E-state index in [9.17, 15) is 13.2 Å². The van der Waals surface area contributed by atoms with E-state index in [1.54, 1.807) is 18.3 Å². The number of carbonyl (C=O) groups excluding carboxylic acids is 1. The summed E-state index contributed by atoms with van der Waals surface area (Å²) in [5, 5.41) is 2.86.